The molecule has 0 spiro atoms. The van der Waals surface area contributed by atoms with Crippen LogP contribution < -0.4 is 19.1 Å². The van der Waals surface area contributed by atoms with Gasteiger partial charge in [-0.15, -0.1) is 0 Å². The molecule has 2 heterocycles. The third kappa shape index (κ3) is 6.00. The first kappa shape index (κ1) is 28.1. The number of nitrogens with zero attached hydrogens (tertiary/aromatic N) is 3. The van der Waals surface area contributed by atoms with E-state index in [1.54, 1.807) is 56.3 Å². The van der Waals surface area contributed by atoms with Crippen molar-refractivity contribution in [2.24, 2.45) is 0 Å². The van der Waals surface area contributed by atoms with Gasteiger partial charge >= 0.3 is 0 Å². The summed E-state index contributed by atoms with van der Waals surface area (Å²) in [5, 5.41) is 2.68. The fourth-order valence-corrected chi connectivity index (χ4v) is 6.71. The number of hydrogen-bond acceptors (Lipinski definition) is 8. The van der Waals surface area contributed by atoms with Crippen molar-refractivity contribution >= 4 is 43.3 Å². The maximum absolute atomic E-state index is 13.6. The van der Waals surface area contributed by atoms with E-state index in [2.05, 4.69) is 20.0 Å². The van der Waals surface area contributed by atoms with Gasteiger partial charge in [0.2, 0.25) is 5.95 Å². The van der Waals surface area contributed by atoms with Crippen molar-refractivity contribution in [2.45, 2.75) is 36.7 Å². The Morgan fingerprint density at radius 3 is 2.12 bits per heavy atom. The maximum atomic E-state index is 13.6. The molecule has 1 aliphatic heterocycles. The quantitative estimate of drug-likeness (QED) is 0.329. The van der Waals surface area contributed by atoms with Gasteiger partial charge in [0.25, 0.3) is 26.0 Å². The summed E-state index contributed by atoms with van der Waals surface area (Å²) >= 11 is 0. The number of aryl methyl sites for hydroxylation is 3. The molecule has 0 aliphatic carbocycles. The fourth-order valence-electron chi connectivity index (χ4n) is 4.29. The topological polar surface area (TPSA) is 148 Å². The second-order valence-electron chi connectivity index (χ2n) is 9.52. The van der Waals surface area contributed by atoms with Gasteiger partial charge in [0.1, 0.15) is 5.75 Å². The summed E-state index contributed by atoms with van der Waals surface area (Å²) in [4.78, 5) is 21.4. The minimum absolute atomic E-state index is 0.0419. The SMILES string of the molecule is Cc1ccc(S(=O)(=O)N2C[C@@H](C(=O)Nc3ccc(S(=O)(=O)Nc4nc(C)cc(C)n4)cc3)Oc3ccccc32)cc1. The second-order valence-corrected chi connectivity index (χ2v) is 13.1. The summed E-state index contributed by atoms with van der Waals surface area (Å²) in [6.07, 6.45) is -1.17. The number of carbonyl (C=O) groups is 1. The predicted octanol–water partition coefficient (Wildman–Crippen LogP) is 3.80. The third-order valence-corrected chi connectivity index (χ3v) is 9.41. The number of para-hydroxylation sites is 2. The van der Waals surface area contributed by atoms with Gasteiger partial charge in [-0.25, -0.2) is 31.5 Å². The molecule has 1 aromatic heterocycles. The molecule has 5 rings (SSSR count). The first-order valence-electron chi connectivity index (χ1n) is 12.5. The summed E-state index contributed by atoms with van der Waals surface area (Å²) in [6.45, 7) is 5.06. The van der Waals surface area contributed by atoms with Gasteiger partial charge in [0, 0.05) is 17.1 Å². The lowest BCUT2D eigenvalue weighted by Crippen LogP contribution is -2.48. The minimum atomic E-state index is -4.00. The Labute approximate surface area is 238 Å². The van der Waals surface area contributed by atoms with Gasteiger partial charge in [0.05, 0.1) is 22.0 Å². The highest BCUT2D eigenvalue weighted by Gasteiger charge is 2.37. The molecule has 212 valence electrons. The molecule has 2 N–H and O–H groups in total. The second kappa shape index (κ2) is 10.8. The Morgan fingerprint density at radius 2 is 1.46 bits per heavy atom. The van der Waals surface area contributed by atoms with Crippen molar-refractivity contribution in [2.75, 3.05) is 20.9 Å². The lowest BCUT2D eigenvalue weighted by Gasteiger charge is -2.34. The maximum Gasteiger partial charge on any atom is 0.267 e. The van der Waals surface area contributed by atoms with Gasteiger partial charge in [-0.2, -0.15) is 0 Å². The molecule has 13 heteroatoms. The van der Waals surface area contributed by atoms with Crippen LogP contribution in [0.25, 0.3) is 0 Å². The molecular formula is C28H27N5O6S2. The van der Waals surface area contributed by atoms with Crippen LogP contribution in [0.15, 0.2) is 88.7 Å². The molecule has 11 nitrogen and oxygen atoms in total. The number of aromatic nitrogens is 2. The highest BCUT2D eigenvalue weighted by atomic mass is 32.2. The van der Waals surface area contributed by atoms with E-state index in [9.17, 15) is 21.6 Å². The van der Waals surface area contributed by atoms with Crippen LogP contribution in [0.2, 0.25) is 0 Å². The highest BCUT2D eigenvalue weighted by molar-refractivity contribution is 7.93. The van der Waals surface area contributed by atoms with Gasteiger partial charge in [-0.3, -0.25) is 9.10 Å². The van der Waals surface area contributed by atoms with Crippen LogP contribution in [0.4, 0.5) is 17.3 Å². The van der Waals surface area contributed by atoms with Crippen molar-refractivity contribution in [1.82, 2.24) is 9.97 Å². The van der Waals surface area contributed by atoms with Crippen molar-refractivity contribution in [3.05, 3.63) is 95.8 Å². The zero-order valence-electron chi connectivity index (χ0n) is 22.4. The molecule has 0 bridgehead atoms. The highest BCUT2D eigenvalue weighted by Crippen LogP contribution is 2.37. The molecule has 0 radical (unpaired) electrons. The minimum Gasteiger partial charge on any atom is -0.476 e. The van der Waals surface area contributed by atoms with E-state index in [1.165, 1.54) is 36.4 Å². The van der Waals surface area contributed by atoms with E-state index in [0.717, 1.165) is 9.87 Å². The smallest absolute Gasteiger partial charge is 0.267 e. The van der Waals surface area contributed by atoms with Gasteiger partial charge in [-0.1, -0.05) is 29.8 Å². The fraction of sp³-hybridized carbons (Fsp3) is 0.179. The molecule has 0 saturated carbocycles. The van der Waals surface area contributed by atoms with E-state index >= 15 is 0 Å². The van der Waals surface area contributed by atoms with Gasteiger partial charge in [-0.05, 0) is 75.4 Å². The Kier molecular flexibility index (Phi) is 7.41. The molecular weight excluding hydrogens is 566 g/mol. The van der Waals surface area contributed by atoms with Crippen LogP contribution in [0.1, 0.15) is 17.0 Å². The van der Waals surface area contributed by atoms with Gasteiger partial charge in [0.15, 0.2) is 6.10 Å². The summed E-state index contributed by atoms with van der Waals surface area (Å²) in [5.41, 5.74) is 2.77. The van der Waals surface area contributed by atoms with Crippen LogP contribution in [0, 0.1) is 20.8 Å². The van der Waals surface area contributed by atoms with Crippen LogP contribution in [-0.4, -0.2) is 45.4 Å². The molecule has 1 amide bonds. The van der Waals surface area contributed by atoms with E-state index in [-0.39, 0.29) is 28.0 Å². The predicted molar refractivity (Wildman–Crippen MR) is 154 cm³/mol. The lowest BCUT2D eigenvalue weighted by atomic mass is 10.2. The number of sulfonamides is 2. The van der Waals surface area contributed by atoms with Crippen molar-refractivity contribution in [1.29, 1.82) is 0 Å². The zero-order valence-corrected chi connectivity index (χ0v) is 24.0. The monoisotopic (exact) mass is 593 g/mol. The van der Waals surface area contributed by atoms with Crippen LogP contribution in [-0.2, 0) is 24.8 Å². The molecule has 3 aromatic carbocycles. The molecule has 4 aromatic rings. The average molecular weight is 594 g/mol. The molecule has 0 fully saturated rings. The summed E-state index contributed by atoms with van der Waals surface area (Å²) in [7, 11) is -7.98. The van der Waals surface area contributed by atoms with Crippen molar-refractivity contribution in [3.8, 4) is 5.75 Å². The third-order valence-electron chi connectivity index (χ3n) is 6.28. The van der Waals surface area contributed by atoms with Crippen molar-refractivity contribution in [3.63, 3.8) is 0 Å². The Morgan fingerprint density at radius 1 is 0.854 bits per heavy atom. The number of fused-ring (bicyclic) bond motifs is 1. The first-order chi connectivity index (χ1) is 19.4. The van der Waals surface area contributed by atoms with E-state index in [1.807, 2.05) is 6.92 Å². The first-order valence-corrected chi connectivity index (χ1v) is 15.5. The number of rotatable bonds is 7. The number of ether oxygens (including phenoxy) is 1. The molecule has 1 aliphatic rings. The molecule has 0 saturated heterocycles. The van der Waals surface area contributed by atoms with E-state index in [4.69, 9.17) is 4.74 Å². The number of benzene rings is 3. The Balaban J connectivity index is 1.34. The Hall–Kier alpha value is -4.49. The lowest BCUT2D eigenvalue weighted by molar-refractivity contribution is -0.122. The largest absolute Gasteiger partial charge is 0.476 e. The van der Waals surface area contributed by atoms with Crippen LogP contribution in [0.5, 0.6) is 5.75 Å². The molecule has 41 heavy (non-hydrogen) atoms. The summed E-state index contributed by atoms with van der Waals surface area (Å²) < 4.78 is 62.2. The molecule has 1 atom stereocenters. The van der Waals surface area contributed by atoms with Crippen molar-refractivity contribution < 1.29 is 26.4 Å². The summed E-state index contributed by atoms with van der Waals surface area (Å²) in [5.74, 6) is -0.392. The molecule has 0 unspecified atom stereocenters. The normalized spacial score (nSPS) is 15.0. The van der Waals surface area contributed by atoms with Crippen LogP contribution in [0.3, 0.4) is 0 Å². The standard InChI is InChI=1S/C28H27N5O6S2/c1-18-8-12-23(13-9-18)41(37,38)33-17-26(39-25-7-5-4-6-24(25)33)27(34)31-21-10-14-22(15-11-21)40(35,36)32-28-29-19(2)16-20(3)30-28/h4-16,26H,17H2,1-3H3,(H,31,34)(H,29,30,32)/t26-/m0/s1. The number of nitrogens with one attached hydrogen (secondary N) is 2. The van der Waals surface area contributed by atoms with Crippen LogP contribution >= 0.6 is 0 Å². The number of carbonyl (C=O) groups excluding carboxylic acids is 1. The Bertz CT molecular complexity index is 1810. The average Bonchev–Trinajstić information content (AvgIpc) is 2.92. The zero-order chi connectivity index (χ0) is 29.4. The van der Waals surface area contributed by atoms with E-state index in [0.29, 0.717) is 22.8 Å². The number of hydrogen-bond donors (Lipinski definition) is 2. The van der Waals surface area contributed by atoms with Gasteiger partial charge < -0.3 is 10.1 Å². The number of anilines is 3. The number of amides is 1. The summed E-state index contributed by atoms with van der Waals surface area (Å²) in [6, 6.07) is 20.3. The van der Waals surface area contributed by atoms with E-state index < -0.39 is 32.1 Å².